The number of fused-ring (bicyclic) bond motifs is 1. The molecule has 1 aromatic heterocycles. The molecule has 0 N–H and O–H groups in total. The molecule has 0 bridgehead atoms. The molecular formula is C13H16N2O3. The van der Waals surface area contributed by atoms with E-state index in [0.717, 1.165) is 5.69 Å². The lowest BCUT2D eigenvalue weighted by molar-refractivity contribution is -0.114. The Morgan fingerprint density at radius 3 is 2.83 bits per heavy atom. The van der Waals surface area contributed by atoms with Crippen molar-refractivity contribution in [2.45, 2.75) is 13.0 Å². The zero-order valence-electron chi connectivity index (χ0n) is 10.8. The van der Waals surface area contributed by atoms with Crippen LogP contribution in [0.25, 0.3) is 5.57 Å². The van der Waals surface area contributed by atoms with E-state index >= 15 is 0 Å². The van der Waals surface area contributed by atoms with Gasteiger partial charge in [-0.1, -0.05) is 0 Å². The minimum absolute atomic E-state index is 0.103. The molecule has 0 fully saturated rings. The Balaban J connectivity index is 2.47. The quantitative estimate of drug-likeness (QED) is 0.582. The van der Waals surface area contributed by atoms with Crippen LogP contribution in [0.4, 0.5) is 0 Å². The molecule has 1 aromatic rings. The van der Waals surface area contributed by atoms with Gasteiger partial charge in [0.25, 0.3) is 0 Å². The predicted octanol–water partition coefficient (Wildman–Crippen LogP) is 1.15. The fraction of sp³-hybridized carbons (Fsp3) is 0.385. The van der Waals surface area contributed by atoms with Crippen LogP contribution in [0.5, 0.6) is 0 Å². The lowest BCUT2D eigenvalue weighted by Crippen LogP contribution is -2.18. The minimum Gasteiger partial charge on any atom is -0.465 e. The summed E-state index contributed by atoms with van der Waals surface area (Å²) in [6.45, 7) is 0.607. The maximum atomic E-state index is 11.9. The zero-order chi connectivity index (χ0) is 13.3. The van der Waals surface area contributed by atoms with Crippen LogP contribution in [0.15, 0.2) is 18.5 Å². The number of aryl methyl sites for hydroxylation is 1. The van der Waals surface area contributed by atoms with Crippen molar-refractivity contribution in [1.29, 1.82) is 0 Å². The van der Waals surface area contributed by atoms with Gasteiger partial charge in [0, 0.05) is 39.5 Å². The summed E-state index contributed by atoms with van der Waals surface area (Å²) in [5.41, 5.74) is 1.90. The molecule has 0 aromatic carbocycles. The summed E-state index contributed by atoms with van der Waals surface area (Å²) in [7, 11) is 5.08. The maximum Gasteiger partial charge on any atom is 0.339 e. The Morgan fingerprint density at radius 2 is 2.22 bits per heavy atom. The molecule has 1 aliphatic heterocycles. The number of ether oxygens (including phenoxy) is 1. The first kappa shape index (κ1) is 12.4. The van der Waals surface area contributed by atoms with E-state index in [9.17, 15) is 9.59 Å². The van der Waals surface area contributed by atoms with Crippen molar-refractivity contribution in [2.75, 3.05) is 21.2 Å². The van der Waals surface area contributed by atoms with E-state index in [1.54, 1.807) is 18.5 Å². The average molecular weight is 248 g/mol. The van der Waals surface area contributed by atoms with Gasteiger partial charge < -0.3 is 14.2 Å². The molecule has 0 saturated carbocycles. The molecule has 0 atom stereocenters. The molecule has 0 amide bonds. The number of carbonyl (C=O) groups is 2. The van der Waals surface area contributed by atoms with Gasteiger partial charge in [-0.3, -0.25) is 4.79 Å². The Morgan fingerprint density at radius 1 is 1.50 bits per heavy atom. The number of carbonyl (C=O) groups excluding carboxylic acids is 2. The number of esters is 1. The second kappa shape index (κ2) is 4.68. The third-order valence-corrected chi connectivity index (χ3v) is 2.86. The van der Waals surface area contributed by atoms with Crippen molar-refractivity contribution in [2.24, 2.45) is 0 Å². The van der Waals surface area contributed by atoms with E-state index in [1.165, 1.54) is 7.11 Å². The third-order valence-electron chi connectivity index (χ3n) is 2.86. The summed E-state index contributed by atoms with van der Waals surface area (Å²) in [6, 6.07) is 1.71. The minimum atomic E-state index is -0.381. The van der Waals surface area contributed by atoms with E-state index in [2.05, 4.69) is 0 Å². The van der Waals surface area contributed by atoms with Crippen molar-refractivity contribution in [3.63, 3.8) is 0 Å². The Bertz CT molecular complexity index is 526. The average Bonchev–Trinajstić information content (AvgIpc) is 2.75. The highest BCUT2D eigenvalue weighted by molar-refractivity contribution is 6.21. The molecule has 0 radical (unpaired) electrons. The highest BCUT2D eigenvalue weighted by Gasteiger charge is 2.24. The van der Waals surface area contributed by atoms with Crippen molar-refractivity contribution in [1.82, 2.24) is 9.47 Å². The Labute approximate surface area is 106 Å². The predicted molar refractivity (Wildman–Crippen MR) is 67.1 cm³/mol. The number of allylic oxidation sites excluding steroid dienone is 1. The highest BCUT2D eigenvalue weighted by Crippen LogP contribution is 2.26. The number of Topliss-reactive ketones (excluding diaryl/α,β-unsaturated/α-hetero) is 1. The number of hydrogen-bond acceptors (Lipinski definition) is 4. The monoisotopic (exact) mass is 248 g/mol. The van der Waals surface area contributed by atoms with Gasteiger partial charge in [-0.15, -0.1) is 0 Å². The smallest absolute Gasteiger partial charge is 0.339 e. The van der Waals surface area contributed by atoms with E-state index in [1.807, 2.05) is 23.6 Å². The van der Waals surface area contributed by atoms with Crippen molar-refractivity contribution in [3.05, 3.63) is 29.7 Å². The second-order valence-electron chi connectivity index (χ2n) is 4.48. The van der Waals surface area contributed by atoms with E-state index in [4.69, 9.17) is 4.74 Å². The van der Waals surface area contributed by atoms with Crippen LogP contribution < -0.4 is 0 Å². The molecule has 96 valence electrons. The number of ketones is 1. The van der Waals surface area contributed by atoms with Gasteiger partial charge in [0.05, 0.1) is 23.9 Å². The first-order valence-corrected chi connectivity index (χ1v) is 5.73. The van der Waals surface area contributed by atoms with E-state index in [0.29, 0.717) is 24.1 Å². The standard InChI is InChI=1S/C13H16N2O3/c1-14(2)8-10-11-6-9(13(17)18-3)7-15(11)5-4-12(10)16/h6-8H,4-5H2,1-3H3/b10-8+. The van der Waals surface area contributed by atoms with Gasteiger partial charge in [-0.2, -0.15) is 0 Å². The second-order valence-corrected chi connectivity index (χ2v) is 4.48. The molecule has 0 unspecified atom stereocenters. The largest absolute Gasteiger partial charge is 0.465 e. The number of methoxy groups -OCH3 is 1. The van der Waals surface area contributed by atoms with Gasteiger partial charge >= 0.3 is 5.97 Å². The van der Waals surface area contributed by atoms with Gasteiger partial charge in [0.2, 0.25) is 0 Å². The molecule has 18 heavy (non-hydrogen) atoms. The number of hydrogen-bond donors (Lipinski definition) is 0. The SMILES string of the molecule is COC(=O)c1cc2n(c1)CCC(=O)/C2=C/N(C)C. The number of aromatic nitrogens is 1. The Kier molecular flexibility index (Phi) is 3.23. The van der Waals surface area contributed by atoms with Gasteiger partial charge in [0.1, 0.15) is 0 Å². The van der Waals surface area contributed by atoms with Crippen LogP contribution in [-0.2, 0) is 16.1 Å². The lowest BCUT2D eigenvalue weighted by Gasteiger charge is -2.18. The first-order chi connectivity index (χ1) is 8.52. The highest BCUT2D eigenvalue weighted by atomic mass is 16.5. The summed E-state index contributed by atoms with van der Waals surface area (Å²) >= 11 is 0. The molecule has 0 aliphatic carbocycles. The topological polar surface area (TPSA) is 51.5 Å². The fourth-order valence-electron chi connectivity index (χ4n) is 2.05. The molecule has 5 nitrogen and oxygen atoms in total. The van der Waals surface area contributed by atoms with Crippen LogP contribution in [0, 0.1) is 0 Å². The zero-order valence-corrected chi connectivity index (χ0v) is 10.8. The van der Waals surface area contributed by atoms with E-state index in [-0.39, 0.29) is 11.8 Å². The lowest BCUT2D eigenvalue weighted by atomic mass is 10.0. The van der Waals surface area contributed by atoms with Gasteiger partial charge in [-0.05, 0) is 6.07 Å². The molecule has 2 rings (SSSR count). The maximum absolute atomic E-state index is 11.9. The van der Waals surface area contributed by atoms with Gasteiger partial charge in [0.15, 0.2) is 5.78 Å². The summed E-state index contributed by atoms with van der Waals surface area (Å²) in [5.74, 6) is -0.278. The molecule has 1 aliphatic rings. The molecule has 0 saturated heterocycles. The summed E-state index contributed by atoms with van der Waals surface area (Å²) in [4.78, 5) is 25.2. The summed E-state index contributed by atoms with van der Waals surface area (Å²) in [6.07, 6.45) is 3.98. The number of rotatable bonds is 2. The van der Waals surface area contributed by atoms with Crippen LogP contribution in [0.1, 0.15) is 22.5 Å². The van der Waals surface area contributed by atoms with E-state index < -0.39 is 0 Å². The molecule has 0 spiro atoms. The summed E-state index contributed by atoms with van der Waals surface area (Å²) < 4.78 is 6.61. The van der Waals surface area contributed by atoms with Crippen molar-refractivity contribution >= 4 is 17.3 Å². The van der Waals surface area contributed by atoms with Gasteiger partial charge in [-0.25, -0.2) is 4.79 Å². The van der Waals surface area contributed by atoms with Crippen molar-refractivity contribution < 1.29 is 14.3 Å². The molecule has 2 heterocycles. The van der Waals surface area contributed by atoms with Crippen LogP contribution in [0.3, 0.4) is 0 Å². The normalized spacial score (nSPS) is 16.6. The summed E-state index contributed by atoms with van der Waals surface area (Å²) in [5, 5.41) is 0. The fourth-order valence-corrected chi connectivity index (χ4v) is 2.05. The number of nitrogens with zero attached hydrogens (tertiary/aromatic N) is 2. The third kappa shape index (κ3) is 2.16. The van der Waals surface area contributed by atoms with Crippen molar-refractivity contribution in [3.8, 4) is 0 Å². The first-order valence-electron chi connectivity index (χ1n) is 5.73. The van der Waals surface area contributed by atoms with Crippen LogP contribution in [-0.4, -0.2) is 42.4 Å². The van der Waals surface area contributed by atoms with Crippen LogP contribution >= 0.6 is 0 Å². The molecule has 5 heteroatoms. The molecular weight excluding hydrogens is 232 g/mol. The van der Waals surface area contributed by atoms with Crippen LogP contribution in [0.2, 0.25) is 0 Å². The Hall–Kier alpha value is -2.04.